The van der Waals surface area contributed by atoms with Gasteiger partial charge in [-0.1, -0.05) is 49.2 Å². The Hall–Kier alpha value is -3.14. The second-order valence-corrected chi connectivity index (χ2v) is 9.23. The number of carbonyl (C=O) groups is 3. The fourth-order valence-electron chi connectivity index (χ4n) is 3.37. The number of hydrogen-bond acceptors (Lipinski definition) is 6. The molecule has 11 heteroatoms. The molecule has 0 bridgehead atoms. The summed E-state index contributed by atoms with van der Waals surface area (Å²) in [6, 6.07) is 10.6. The standard InChI is InChI=1S/C25H28Cl2N4O5/c1-16(2)23(29-24(33)18-6-7-20(26)21(27)13-18)25(34)30-28-14-17-4-3-5-19(12-17)36-15-22(32)31-8-10-35-11-9-31/h3-7,12-14,16,23H,8-11,15H2,1-2H3,(H,29,33)(H,30,34)/b28-14-. The normalized spacial score (nSPS) is 14.5. The highest BCUT2D eigenvalue weighted by molar-refractivity contribution is 6.42. The third-order valence-corrected chi connectivity index (χ3v) is 6.13. The van der Waals surface area contributed by atoms with Crippen LogP contribution in [0.3, 0.4) is 0 Å². The molecule has 0 aromatic heterocycles. The van der Waals surface area contributed by atoms with E-state index in [0.29, 0.717) is 42.6 Å². The lowest BCUT2D eigenvalue weighted by molar-refractivity contribution is -0.137. The lowest BCUT2D eigenvalue weighted by Crippen LogP contribution is -2.48. The van der Waals surface area contributed by atoms with Gasteiger partial charge < -0.3 is 19.7 Å². The van der Waals surface area contributed by atoms with Gasteiger partial charge in [-0.05, 0) is 41.8 Å². The Morgan fingerprint density at radius 3 is 2.56 bits per heavy atom. The molecule has 9 nitrogen and oxygen atoms in total. The third kappa shape index (κ3) is 7.94. The van der Waals surface area contributed by atoms with Crippen LogP contribution in [0.4, 0.5) is 0 Å². The van der Waals surface area contributed by atoms with Gasteiger partial charge in [0.25, 0.3) is 17.7 Å². The van der Waals surface area contributed by atoms with Crippen LogP contribution in [0.15, 0.2) is 47.6 Å². The molecule has 192 valence electrons. The molecule has 1 fully saturated rings. The lowest BCUT2D eigenvalue weighted by atomic mass is 10.0. The van der Waals surface area contributed by atoms with Gasteiger partial charge in [-0.15, -0.1) is 0 Å². The number of nitrogens with zero attached hydrogens (tertiary/aromatic N) is 2. The second-order valence-electron chi connectivity index (χ2n) is 8.41. The number of rotatable bonds is 9. The predicted molar refractivity (Wildman–Crippen MR) is 138 cm³/mol. The van der Waals surface area contributed by atoms with E-state index in [1.165, 1.54) is 24.4 Å². The molecule has 0 spiro atoms. The monoisotopic (exact) mass is 534 g/mol. The minimum atomic E-state index is -0.829. The van der Waals surface area contributed by atoms with Gasteiger partial charge in [0.15, 0.2) is 6.61 Å². The van der Waals surface area contributed by atoms with Crippen LogP contribution >= 0.6 is 23.2 Å². The SMILES string of the molecule is CC(C)C(NC(=O)c1ccc(Cl)c(Cl)c1)C(=O)N/N=C\c1cccc(OCC(=O)N2CCOCC2)c1. The first kappa shape index (κ1) is 27.4. The minimum Gasteiger partial charge on any atom is -0.484 e. The van der Waals surface area contributed by atoms with Gasteiger partial charge in [0.05, 0.1) is 29.5 Å². The van der Waals surface area contributed by atoms with Crippen molar-refractivity contribution >= 4 is 47.1 Å². The first-order valence-corrected chi connectivity index (χ1v) is 12.2. The molecule has 1 atom stereocenters. The third-order valence-electron chi connectivity index (χ3n) is 5.39. The Labute approximate surface area is 219 Å². The Morgan fingerprint density at radius 2 is 1.86 bits per heavy atom. The van der Waals surface area contributed by atoms with Crippen LogP contribution in [0.1, 0.15) is 29.8 Å². The molecule has 2 aromatic carbocycles. The smallest absolute Gasteiger partial charge is 0.262 e. The molecule has 0 aliphatic carbocycles. The van der Waals surface area contributed by atoms with E-state index in [-0.39, 0.29) is 29.0 Å². The van der Waals surface area contributed by atoms with E-state index in [9.17, 15) is 14.4 Å². The zero-order chi connectivity index (χ0) is 26.1. The van der Waals surface area contributed by atoms with E-state index < -0.39 is 17.9 Å². The summed E-state index contributed by atoms with van der Waals surface area (Å²) in [4.78, 5) is 39.2. The molecular weight excluding hydrogens is 507 g/mol. The molecule has 3 amide bonds. The molecule has 1 aliphatic heterocycles. The van der Waals surface area contributed by atoms with Crippen LogP contribution in [0.25, 0.3) is 0 Å². The van der Waals surface area contributed by atoms with Crippen molar-refractivity contribution in [2.24, 2.45) is 11.0 Å². The van der Waals surface area contributed by atoms with Crippen molar-refractivity contribution in [1.82, 2.24) is 15.6 Å². The molecular formula is C25H28Cl2N4O5. The Kier molecular flexibility index (Phi) is 10.1. The first-order valence-electron chi connectivity index (χ1n) is 11.4. The molecule has 36 heavy (non-hydrogen) atoms. The highest BCUT2D eigenvalue weighted by atomic mass is 35.5. The van der Waals surface area contributed by atoms with E-state index in [0.717, 1.165) is 0 Å². The summed E-state index contributed by atoms with van der Waals surface area (Å²) in [5.74, 6) is -0.734. The van der Waals surface area contributed by atoms with Gasteiger partial charge in [0.2, 0.25) is 0 Å². The summed E-state index contributed by atoms with van der Waals surface area (Å²) < 4.78 is 10.9. The zero-order valence-electron chi connectivity index (χ0n) is 20.0. The summed E-state index contributed by atoms with van der Waals surface area (Å²) in [6.45, 7) is 5.70. The van der Waals surface area contributed by atoms with Crippen LogP contribution in [0.5, 0.6) is 5.75 Å². The largest absolute Gasteiger partial charge is 0.484 e. The highest BCUT2D eigenvalue weighted by Gasteiger charge is 2.25. The van der Waals surface area contributed by atoms with E-state index >= 15 is 0 Å². The molecule has 1 heterocycles. The number of hydrazone groups is 1. The fraction of sp³-hybridized carbons (Fsp3) is 0.360. The van der Waals surface area contributed by atoms with Gasteiger partial charge in [-0.2, -0.15) is 5.10 Å². The van der Waals surface area contributed by atoms with Gasteiger partial charge in [-0.3, -0.25) is 14.4 Å². The van der Waals surface area contributed by atoms with Crippen molar-refractivity contribution in [1.29, 1.82) is 0 Å². The Balaban J connectivity index is 1.54. The average Bonchev–Trinajstić information content (AvgIpc) is 2.87. The highest BCUT2D eigenvalue weighted by Crippen LogP contribution is 2.22. The van der Waals surface area contributed by atoms with Gasteiger partial charge in [0, 0.05) is 18.7 Å². The van der Waals surface area contributed by atoms with Crippen molar-refractivity contribution in [3.63, 3.8) is 0 Å². The molecule has 1 aliphatic rings. The van der Waals surface area contributed by atoms with Crippen molar-refractivity contribution in [3.8, 4) is 5.75 Å². The minimum absolute atomic E-state index is 0.0775. The van der Waals surface area contributed by atoms with Crippen molar-refractivity contribution in [3.05, 3.63) is 63.6 Å². The predicted octanol–water partition coefficient (Wildman–Crippen LogP) is 3.14. The van der Waals surface area contributed by atoms with Crippen LogP contribution in [-0.4, -0.2) is 67.8 Å². The zero-order valence-corrected chi connectivity index (χ0v) is 21.5. The van der Waals surface area contributed by atoms with E-state index in [1.807, 2.05) is 13.8 Å². The van der Waals surface area contributed by atoms with Crippen LogP contribution in [-0.2, 0) is 14.3 Å². The summed E-state index contributed by atoms with van der Waals surface area (Å²) in [7, 11) is 0. The van der Waals surface area contributed by atoms with E-state index in [1.54, 1.807) is 29.2 Å². The molecule has 0 radical (unpaired) electrons. The number of amides is 3. The number of nitrogens with one attached hydrogen (secondary N) is 2. The van der Waals surface area contributed by atoms with Crippen LogP contribution in [0, 0.1) is 5.92 Å². The van der Waals surface area contributed by atoms with Gasteiger partial charge in [-0.25, -0.2) is 5.43 Å². The number of ether oxygens (including phenoxy) is 2. The maximum Gasteiger partial charge on any atom is 0.262 e. The number of hydrogen-bond donors (Lipinski definition) is 2. The number of halogens is 2. The Bertz CT molecular complexity index is 1120. The molecule has 1 unspecified atom stereocenters. The number of morpholine rings is 1. The summed E-state index contributed by atoms with van der Waals surface area (Å²) in [6.07, 6.45) is 1.45. The first-order chi connectivity index (χ1) is 17.2. The van der Waals surface area contributed by atoms with Crippen molar-refractivity contribution in [2.45, 2.75) is 19.9 Å². The lowest BCUT2D eigenvalue weighted by Gasteiger charge is -2.26. The second kappa shape index (κ2) is 13.2. The summed E-state index contributed by atoms with van der Waals surface area (Å²) in [5.41, 5.74) is 3.40. The molecule has 0 saturated carbocycles. The number of carbonyl (C=O) groups excluding carboxylic acids is 3. The maximum absolute atomic E-state index is 12.7. The van der Waals surface area contributed by atoms with Crippen LogP contribution < -0.4 is 15.5 Å². The van der Waals surface area contributed by atoms with E-state index in [4.69, 9.17) is 32.7 Å². The van der Waals surface area contributed by atoms with Crippen LogP contribution in [0.2, 0.25) is 10.0 Å². The van der Waals surface area contributed by atoms with Gasteiger partial charge in [0.1, 0.15) is 11.8 Å². The molecule has 1 saturated heterocycles. The molecule has 2 aromatic rings. The topological polar surface area (TPSA) is 109 Å². The summed E-state index contributed by atoms with van der Waals surface area (Å²) >= 11 is 11.9. The maximum atomic E-state index is 12.7. The van der Waals surface area contributed by atoms with Crippen molar-refractivity contribution in [2.75, 3.05) is 32.9 Å². The Morgan fingerprint density at radius 1 is 1.11 bits per heavy atom. The molecule has 2 N–H and O–H groups in total. The van der Waals surface area contributed by atoms with Gasteiger partial charge >= 0.3 is 0 Å². The quantitative estimate of drug-likeness (QED) is 0.379. The molecule has 3 rings (SSSR count). The van der Waals surface area contributed by atoms with Crippen molar-refractivity contribution < 1.29 is 23.9 Å². The summed E-state index contributed by atoms with van der Waals surface area (Å²) in [5, 5.41) is 7.28. The van der Waals surface area contributed by atoms with E-state index in [2.05, 4.69) is 15.8 Å². The fourth-order valence-corrected chi connectivity index (χ4v) is 3.67. The average molecular weight is 535 g/mol. The number of benzene rings is 2.